The number of carbonyl (C=O) groups excluding carboxylic acids is 1. The number of hydrogen-bond acceptors (Lipinski definition) is 3. The molecule has 1 heterocycles. The summed E-state index contributed by atoms with van der Waals surface area (Å²) < 4.78 is 0. The third-order valence-electron chi connectivity index (χ3n) is 7.85. The first-order chi connectivity index (χ1) is 12.5. The largest absolute Gasteiger partial charge is 0.376 e. The zero-order valence-electron chi connectivity index (χ0n) is 16.3. The van der Waals surface area contributed by atoms with E-state index in [-0.39, 0.29) is 22.9 Å². The van der Waals surface area contributed by atoms with E-state index in [0.29, 0.717) is 0 Å². The molecule has 0 radical (unpaired) electrons. The molecular formula is C22H33N3O. The Labute approximate surface area is 158 Å². The van der Waals surface area contributed by atoms with E-state index >= 15 is 0 Å². The van der Waals surface area contributed by atoms with Crippen molar-refractivity contribution < 1.29 is 4.79 Å². The first kappa shape index (κ1) is 17.9. The Morgan fingerprint density at radius 3 is 2.19 bits per heavy atom. The van der Waals surface area contributed by atoms with Gasteiger partial charge < -0.3 is 10.2 Å². The van der Waals surface area contributed by atoms with E-state index in [2.05, 4.69) is 30.1 Å². The van der Waals surface area contributed by atoms with Gasteiger partial charge in [-0.25, -0.2) is 0 Å². The van der Waals surface area contributed by atoms with Crippen molar-refractivity contribution in [3.05, 3.63) is 11.8 Å². The summed E-state index contributed by atoms with van der Waals surface area (Å²) in [4.78, 5) is 14.9. The second-order valence-electron chi connectivity index (χ2n) is 9.85. The smallest absolute Gasteiger partial charge is 0.263 e. The van der Waals surface area contributed by atoms with Gasteiger partial charge in [0.1, 0.15) is 11.6 Å². The van der Waals surface area contributed by atoms with E-state index in [1.165, 1.54) is 38.5 Å². The lowest BCUT2D eigenvalue weighted by Crippen LogP contribution is -2.56. The van der Waals surface area contributed by atoms with Crippen LogP contribution in [-0.4, -0.2) is 29.9 Å². The van der Waals surface area contributed by atoms with Gasteiger partial charge in [0, 0.05) is 25.3 Å². The Morgan fingerprint density at radius 1 is 1.15 bits per heavy atom. The molecule has 5 rings (SSSR count). The number of likely N-dealkylation sites (tertiary alicyclic amines) is 1. The van der Waals surface area contributed by atoms with Gasteiger partial charge in [-0.3, -0.25) is 4.79 Å². The summed E-state index contributed by atoms with van der Waals surface area (Å²) in [6, 6.07) is 2.31. The first-order valence-corrected chi connectivity index (χ1v) is 10.6. The van der Waals surface area contributed by atoms with Crippen LogP contribution in [0.1, 0.15) is 65.2 Å². The molecule has 1 atom stereocenters. The summed E-state index contributed by atoms with van der Waals surface area (Å²) in [6.07, 6.45) is 12.1. The van der Waals surface area contributed by atoms with Crippen LogP contribution in [0.15, 0.2) is 11.8 Å². The molecule has 0 aromatic heterocycles. The quantitative estimate of drug-likeness (QED) is 0.616. The highest BCUT2D eigenvalue weighted by Crippen LogP contribution is 2.61. The number of nitrogens with one attached hydrogen (secondary N) is 1. The van der Waals surface area contributed by atoms with Crippen LogP contribution < -0.4 is 5.32 Å². The summed E-state index contributed by atoms with van der Waals surface area (Å²) >= 11 is 0. The van der Waals surface area contributed by atoms with Crippen molar-refractivity contribution in [2.75, 3.05) is 13.1 Å². The van der Waals surface area contributed by atoms with Gasteiger partial charge in [-0.1, -0.05) is 6.92 Å². The van der Waals surface area contributed by atoms with Gasteiger partial charge in [0.2, 0.25) is 0 Å². The van der Waals surface area contributed by atoms with Crippen molar-refractivity contribution in [3.63, 3.8) is 0 Å². The van der Waals surface area contributed by atoms with Crippen LogP contribution in [0.25, 0.3) is 0 Å². The van der Waals surface area contributed by atoms with Gasteiger partial charge in [0.15, 0.2) is 0 Å². The number of piperidine rings is 1. The van der Waals surface area contributed by atoms with Gasteiger partial charge in [-0.2, -0.15) is 5.26 Å². The predicted octanol–water partition coefficient (Wildman–Crippen LogP) is 3.85. The van der Waals surface area contributed by atoms with E-state index in [1.54, 1.807) is 6.20 Å². The summed E-state index contributed by atoms with van der Waals surface area (Å²) in [5.41, 5.74) is 0.557. The Balaban J connectivity index is 1.41. The monoisotopic (exact) mass is 355 g/mol. The second-order valence-corrected chi connectivity index (χ2v) is 9.85. The fourth-order valence-corrected chi connectivity index (χ4v) is 6.61. The topological polar surface area (TPSA) is 56.1 Å². The van der Waals surface area contributed by atoms with Crippen molar-refractivity contribution in [1.29, 1.82) is 5.26 Å². The van der Waals surface area contributed by atoms with Gasteiger partial charge in [-0.05, 0) is 87.4 Å². The number of nitrogens with zero attached hydrogens (tertiary/aromatic N) is 2. The molecule has 1 unspecified atom stereocenters. The first-order valence-electron chi connectivity index (χ1n) is 10.6. The molecule has 4 heteroatoms. The van der Waals surface area contributed by atoms with Crippen LogP contribution in [0.4, 0.5) is 0 Å². The maximum Gasteiger partial charge on any atom is 0.263 e. The summed E-state index contributed by atoms with van der Waals surface area (Å²) in [6.45, 7) is 6.35. The summed E-state index contributed by atoms with van der Waals surface area (Å²) in [7, 11) is 0. The van der Waals surface area contributed by atoms with Crippen molar-refractivity contribution in [1.82, 2.24) is 10.2 Å². The van der Waals surface area contributed by atoms with Crippen molar-refractivity contribution in [2.24, 2.45) is 29.1 Å². The van der Waals surface area contributed by atoms with E-state index in [9.17, 15) is 10.1 Å². The molecular weight excluding hydrogens is 322 g/mol. The van der Waals surface area contributed by atoms with Crippen LogP contribution in [-0.2, 0) is 4.79 Å². The molecule has 1 amide bonds. The lowest BCUT2D eigenvalue weighted by molar-refractivity contribution is -0.122. The molecule has 26 heavy (non-hydrogen) atoms. The molecule has 0 aromatic carbocycles. The minimum absolute atomic E-state index is 0.168. The summed E-state index contributed by atoms with van der Waals surface area (Å²) in [5, 5.41) is 12.8. The molecule has 0 aromatic rings. The number of carbonyl (C=O) groups is 1. The highest BCUT2D eigenvalue weighted by atomic mass is 16.1. The molecule has 4 nitrogen and oxygen atoms in total. The fraction of sp³-hybridized carbons (Fsp3) is 0.818. The summed E-state index contributed by atoms with van der Waals surface area (Å²) in [5.74, 6) is 3.20. The molecule has 1 N–H and O–H groups in total. The van der Waals surface area contributed by atoms with Crippen LogP contribution in [0, 0.1) is 40.4 Å². The lowest BCUT2D eigenvalue weighted by atomic mass is 9.48. The minimum atomic E-state index is -0.172. The third-order valence-corrected chi connectivity index (χ3v) is 7.85. The highest BCUT2D eigenvalue weighted by molar-refractivity contribution is 5.97. The Morgan fingerprint density at radius 2 is 1.69 bits per heavy atom. The van der Waals surface area contributed by atoms with Crippen molar-refractivity contribution in [3.8, 4) is 6.07 Å². The number of nitriles is 1. The van der Waals surface area contributed by atoms with Gasteiger partial charge >= 0.3 is 0 Å². The standard InChI is InChI=1S/C22H33N3O/c1-15-3-5-25(6-4-15)14-20(13-23)21(26)24-16(2)22-10-17-7-18(11-22)9-19(8-17)12-22/h14-19H,3-12H2,1-2H3,(H,24,26)/b20-14-. The lowest BCUT2D eigenvalue weighted by Gasteiger charge is -2.59. The molecule has 4 bridgehead atoms. The molecule has 1 saturated heterocycles. The Bertz CT molecular complexity index is 589. The Hall–Kier alpha value is -1.50. The Kier molecular flexibility index (Phi) is 4.75. The molecule has 0 spiro atoms. The second kappa shape index (κ2) is 6.91. The molecule has 1 aliphatic heterocycles. The van der Waals surface area contributed by atoms with Crippen molar-refractivity contribution >= 4 is 5.91 Å². The fourth-order valence-electron chi connectivity index (χ4n) is 6.61. The molecule has 4 aliphatic carbocycles. The van der Waals surface area contributed by atoms with Gasteiger partial charge in [-0.15, -0.1) is 0 Å². The number of rotatable bonds is 4. The zero-order chi connectivity index (χ0) is 18.3. The van der Waals surface area contributed by atoms with Crippen LogP contribution in [0.5, 0.6) is 0 Å². The van der Waals surface area contributed by atoms with Gasteiger partial charge in [0.25, 0.3) is 5.91 Å². The average molecular weight is 356 g/mol. The van der Waals surface area contributed by atoms with Crippen LogP contribution in [0.2, 0.25) is 0 Å². The minimum Gasteiger partial charge on any atom is -0.376 e. The SMILES string of the molecule is CC1CCN(/C=C(/C#N)C(=O)NC(C)C23CC4CC(CC(C4)C2)C3)CC1. The number of amides is 1. The van der Waals surface area contributed by atoms with E-state index < -0.39 is 0 Å². The normalized spacial score (nSPS) is 38.1. The van der Waals surface area contributed by atoms with E-state index in [4.69, 9.17) is 0 Å². The zero-order valence-corrected chi connectivity index (χ0v) is 16.3. The average Bonchev–Trinajstić information content (AvgIpc) is 2.60. The highest BCUT2D eigenvalue weighted by Gasteiger charge is 2.53. The number of hydrogen-bond donors (Lipinski definition) is 1. The molecule has 5 fully saturated rings. The molecule has 142 valence electrons. The maximum absolute atomic E-state index is 12.8. The molecule has 4 saturated carbocycles. The van der Waals surface area contributed by atoms with Crippen molar-refractivity contribution in [2.45, 2.75) is 71.3 Å². The van der Waals surface area contributed by atoms with Crippen LogP contribution in [0.3, 0.4) is 0 Å². The van der Waals surface area contributed by atoms with Gasteiger partial charge in [0.05, 0.1) is 0 Å². The third kappa shape index (κ3) is 3.38. The molecule has 5 aliphatic rings. The van der Waals surface area contributed by atoms with E-state index in [1.807, 2.05) is 0 Å². The van der Waals surface area contributed by atoms with Crippen LogP contribution >= 0.6 is 0 Å². The van der Waals surface area contributed by atoms with E-state index in [0.717, 1.165) is 49.6 Å². The maximum atomic E-state index is 12.8. The predicted molar refractivity (Wildman–Crippen MR) is 102 cm³/mol.